The maximum atomic E-state index is 4.34. The summed E-state index contributed by atoms with van der Waals surface area (Å²) in [6, 6.07) is 10.3. The summed E-state index contributed by atoms with van der Waals surface area (Å²) >= 11 is 0. The maximum Gasteiger partial charge on any atom is 0.327 e. The van der Waals surface area contributed by atoms with Crippen LogP contribution in [0.2, 0.25) is 0 Å². The topological polar surface area (TPSA) is 20.0 Å². The van der Waals surface area contributed by atoms with E-state index in [1.54, 1.807) is 0 Å². The molecule has 0 atom stereocenters. The lowest BCUT2D eigenvalue weighted by atomic mass is 10.1. The fraction of sp³-hybridized carbons (Fsp3) is 0.333. The highest BCUT2D eigenvalue weighted by atomic mass is 15.1. The number of piperidine rings is 1. The Morgan fingerprint density at radius 2 is 1.72 bits per heavy atom. The summed E-state index contributed by atoms with van der Waals surface area (Å²) in [6.07, 6.45) is 10.0. The first-order valence-electron chi connectivity index (χ1n) is 6.61. The first kappa shape index (κ1) is 11.2. The zero-order chi connectivity index (χ0) is 12.2. The molecule has 2 aromatic heterocycles. The van der Waals surface area contributed by atoms with Crippen molar-refractivity contribution in [2.45, 2.75) is 19.3 Å². The normalized spacial score (nSPS) is 15.7. The molecule has 1 saturated heterocycles. The van der Waals surface area contributed by atoms with Gasteiger partial charge in [-0.2, -0.15) is 0 Å². The molecular formula is C15H18N3+. The van der Waals surface area contributed by atoms with Gasteiger partial charge in [0.15, 0.2) is 0 Å². The Labute approximate surface area is 108 Å². The van der Waals surface area contributed by atoms with Gasteiger partial charge in [-0.05, 0) is 30.3 Å². The molecule has 18 heavy (non-hydrogen) atoms. The van der Waals surface area contributed by atoms with Gasteiger partial charge in [0.25, 0.3) is 0 Å². The predicted octanol–water partition coefficient (Wildman–Crippen LogP) is 2.35. The summed E-state index contributed by atoms with van der Waals surface area (Å²) in [5.74, 6) is 0.961. The Bertz CT molecular complexity index is 487. The highest BCUT2D eigenvalue weighted by molar-refractivity contribution is 5.44. The standard InChI is InChI=1S/C15H18N3/c1-4-10-17(11-5-1)14-7-12-18(13-8-14)15-6-2-3-9-16-15/h2-3,6-9,12-13H,1,4-5,10-11H2/q+1. The van der Waals surface area contributed by atoms with Gasteiger partial charge in [0, 0.05) is 37.0 Å². The molecule has 3 heterocycles. The van der Waals surface area contributed by atoms with Crippen molar-refractivity contribution in [1.82, 2.24) is 4.98 Å². The average Bonchev–Trinajstić information content (AvgIpc) is 2.49. The lowest BCUT2D eigenvalue weighted by Crippen LogP contribution is -2.33. The summed E-state index contributed by atoms with van der Waals surface area (Å²) in [5, 5.41) is 0. The van der Waals surface area contributed by atoms with Crippen LogP contribution in [-0.2, 0) is 0 Å². The minimum atomic E-state index is 0.961. The molecule has 0 aromatic carbocycles. The van der Waals surface area contributed by atoms with Gasteiger partial charge in [0.05, 0.1) is 12.4 Å². The van der Waals surface area contributed by atoms with Crippen LogP contribution in [-0.4, -0.2) is 18.1 Å². The van der Waals surface area contributed by atoms with Gasteiger partial charge in [-0.1, -0.05) is 6.07 Å². The minimum absolute atomic E-state index is 0.961. The molecule has 1 aliphatic heterocycles. The number of rotatable bonds is 2. The van der Waals surface area contributed by atoms with Crippen molar-refractivity contribution in [2.75, 3.05) is 18.0 Å². The predicted molar refractivity (Wildman–Crippen MR) is 71.8 cm³/mol. The van der Waals surface area contributed by atoms with E-state index in [-0.39, 0.29) is 0 Å². The SMILES string of the molecule is c1ccc(-[n+]2ccc(N3CCCCC3)cc2)nc1. The van der Waals surface area contributed by atoms with Gasteiger partial charge >= 0.3 is 5.82 Å². The van der Waals surface area contributed by atoms with Crippen LogP contribution in [0, 0.1) is 0 Å². The molecule has 0 spiro atoms. The summed E-state index contributed by atoms with van der Waals surface area (Å²) in [7, 11) is 0. The van der Waals surface area contributed by atoms with Crippen molar-refractivity contribution in [2.24, 2.45) is 0 Å². The van der Waals surface area contributed by atoms with E-state index in [0.717, 1.165) is 5.82 Å². The maximum absolute atomic E-state index is 4.34. The second kappa shape index (κ2) is 5.17. The third kappa shape index (κ3) is 2.35. The Morgan fingerprint density at radius 3 is 2.39 bits per heavy atom. The Hall–Kier alpha value is -1.90. The molecule has 3 rings (SSSR count). The fourth-order valence-electron chi connectivity index (χ4n) is 2.44. The molecule has 0 radical (unpaired) electrons. The van der Waals surface area contributed by atoms with Gasteiger partial charge in [-0.25, -0.2) is 4.57 Å². The van der Waals surface area contributed by atoms with Crippen LogP contribution < -0.4 is 9.47 Å². The smallest absolute Gasteiger partial charge is 0.327 e. The van der Waals surface area contributed by atoms with Crippen LogP contribution in [0.1, 0.15) is 19.3 Å². The van der Waals surface area contributed by atoms with Crippen molar-refractivity contribution in [3.05, 3.63) is 48.9 Å². The number of nitrogens with zero attached hydrogens (tertiary/aromatic N) is 3. The lowest BCUT2D eigenvalue weighted by molar-refractivity contribution is -0.599. The van der Waals surface area contributed by atoms with E-state index in [1.165, 1.54) is 38.0 Å². The molecule has 0 unspecified atom stereocenters. The Balaban J connectivity index is 1.80. The van der Waals surface area contributed by atoms with Crippen molar-refractivity contribution < 1.29 is 4.57 Å². The van der Waals surface area contributed by atoms with Crippen LogP contribution in [0.25, 0.3) is 5.82 Å². The van der Waals surface area contributed by atoms with Gasteiger partial charge in [-0.15, -0.1) is 0 Å². The summed E-state index contributed by atoms with van der Waals surface area (Å²) in [4.78, 5) is 6.81. The highest BCUT2D eigenvalue weighted by Gasteiger charge is 2.12. The Morgan fingerprint density at radius 1 is 0.944 bits per heavy atom. The fourth-order valence-corrected chi connectivity index (χ4v) is 2.44. The van der Waals surface area contributed by atoms with E-state index in [2.05, 4.69) is 34.4 Å². The van der Waals surface area contributed by atoms with Crippen LogP contribution in [0.5, 0.6) is 0 Å². The summed E-state index contributed by atoms with van der Waals surface area (Å²) in [6.45, 7) is 2.38. The third-order valence-corrected chi connectivity index (χ3v) is 3.45. The van der Waals surface area contributed by atoms with E-state index in [0.29, 0.717) is 0 Å². The van der Waals surface area contributed by atoms with Crippen LogP contribution in [0.4, 0.5) is 5.69 Å². The number of aromatic nitrogens is 2. The summed E-state index contributed by atoms with van der Waals surface area (Å²) in [5.41, 5.74) is 1.32. The minimum Gasteiger partial charge on any atom is -0.371 e. The third-order valence-electron chi connectivity index (χ3n) is 3.45. The molecule has 3 nitrogen and oxygen atoms in total. The average molecular weight is 240 g/mol. The zero-order valence-corrected chi connectivity index (χ0v) is 10.5. The van der Waals surface area contributed by atoms with Crippen molar-refractivity contribution >= 4 is 5.69 Å². The van der Waals surface area contributed by atoms with E-state index in [1.807, 2.05) is 29.0 Å². The first-order valence-corrected chi connectivity index (χ1v) is 6.61. The molecular weight excluding hydrogens is 222 g/mol. The molecule has 0 aliphatic carbocycles. The molecule has 0 saturated carbocycles. The van der Waals surface area contributed by atoms with Gasteiger partial charge in [0.2, 0.25) is 0 Å². The quantitative estimate of drug-likeness (QED) is 0.751. The van der Waals surface area contributed by atoms with Crippen LogP contribution in [0.15, 0.2) is 48.9 Å². The van der Waals surface area contributed by atoms with Crippen LogP contribution in [0.3, 0.4) is 0 Å². The van der Waals surface area contributed by atoms with Gasteiger partial charge in [-0.3, -0.25) is 0 Å². The van der Waals surface area contributed by atoms with E-state index < -0.39 is 0 Å². The molecule has 0 amide bonds. The molecule has 0 bridgehead atoms. The molecule has 92 valence electrons. The molecule has 1 aliphatic rings. The Kier molecular flexibility index (Phi) is 3.22. The largest absolute Gasteiger partial charge is 0.371 e. The van der Waals surface area contributed by atoms with Crippen LogP contribution >= 0.6 is 0 Å². The molecule has 2 aromatic rings. The zero-order valence-electron chi connectivity index (χ0n) is 10.5. The summed E-state index contributed by atoms with van der Waals surface area (Å²) < 4.78 is 2.05. The molecule has 1 fully saturated rings. The second-order valence-corrected chi connectivity index (χ2v) is 4.70. The van der Waals surface area contributed by atoms with E-state index in [9.17, 15) is 0 Å². The van der Waals surface area contributed by atoms with E-state index in [4.69, 9.17) is 0 Å². The van der Waals surface area contributed by atoms with Crippen molar-refractivity contribution in [3.63, 3.8) is 0 Å². The first-order chi connectivity index (χ1) is 8.93. The number of hydrogen-bond acceptors (Lipinski definition) is 2. The van der Waals surface area contributed by atoms with Gasteiger partial charge < -0.3 is 4.90 Å². The van der Waals surface area contributed by atoms with Crippen molar-refractivity contribution in [1.29, 1.82) is 0 Å². The highest BCUT2D eigenvalue weighted by Crippen LogP contribution is 2.18. The van der Waals surface area contributed by atoms with Crippen molar-refractivity contribution in [3.8, 4) is 5.82 Å². The second-order valence-electron chi connectivity index (χ2n) is 4.70. The molecule has 0 N–H and O–H groups in total. The van der Waals surface area contributed by atoms with E-state index >= 15 is 0 Å². The number of anilines is 1. The molecule has 3 heteroatoms. The number of hydrogen-bond donors (Lipinski definition) is 0. The lowest BCUT2D eigenvalue weighted by Gasteiger charge is -2.28. The number of pyridine rings is 2. The monoisotopic (exact) mass is 240 g/mol. The van der Waals surface area contributed by atoms with Gasteiger partial charge in [0.1, 0.15) is 6.20 Å².